The summed E-state index contributed by atoms with van der Waals surface area (Å²) in [6, 6.07) is 3.12. The van der Waals surface area contributed by atoms with E-state index in [1.54, 1.807) is 0 Å². The van der Waals surface area contributed by atoms with Gasteiger partial charge in [0.1, 0.15) is 0 Å². The normalized spacial score (nSPS) is 23.1. The first-order valence-electron chi connectivity index (χ1n) is 8.69. The Morgan fingerprint density at radius 3 is 2.88 bits per heavy atom. The molecule has 1 saturated heterocycles. The summed E-state index contributed by atoms with van der Waals surface area (Å²) in [5, 5.41) is 9.17. The molecule has 6 nitrogen and oxygen atoms in total. The molecule has 3 aromatic heterocycles. The Morgan fingerprint density at radius 1 is 1.21 bits per heavy atom. The quantitative estimate of drug-likeness (QED) is 0.727. The largest absolute Gasteiger partial charge is 0.288 e. The molecule has 0 aromatic carbocycles. The molecule has 3 aromatic rings. The highest BCUT2D eigenvalue weighted by Gasteiger charge is 2.41. The predicted octanol–water partition coefficient (Wildman–Crippen LogP) is 2.34. The second-order valence-corrected chi connectivity index (χ2v) is 7.25. The van der Waals surface area contributed by atoms with Crippen molar-refractivity contribution in [3.8, 4) is 0 Å². The molecule has 0 unspecified atom stereocenters. The van der Waals surface area contributed by atoms with Crippen molar-refractivity contribution < 1.29 is 0 Å². The van der Waals surface area contributed by atoms with Crippen LogP contribution in [-0.2, 0) is 20.0 Å². The minimum Gasteiger partial charge on any atom is -0.288 e. The lowest BCUT2D eigenvalue weighted by Gasteiger charge is -2.36. The van der Waals surface area contributed by atoms with E-state index in [9.17, 15) is 0 Å². The first kappa shape index (κ1) is 14.2. The predicted molar refractivity (Wildman–Crippen MR) is 90.7 cm³/mol. The Bertz CT molecular complexity index is 937. The third-order valence-corrected chi connectivity index (χ3v) is 5.64. The SMILES string of the molecule is Cc1cc2ncc3c(n2n1)C[C@@H]1CC[C@H]3N1Cc1cn(C)nc1C. The summed E-state index contributed by atoms with van der Waals surface area (Å²) in [4.78, 5) is 7.30. The van der Waals surface area contributed by atoms with Crippen LogP contribution in [0, 0.1) is 13.8 Å². The average molecular weight is 322 g/mol. The van der Waals surface area contributed by atoms with Crippen LogP contribution in [0.2, 0.25) is 0 Å². The third kappa shape index (κ3) is 1.95. The molecule has 0 N–H and O–H groups in total. The van der Waals surface area contributed by atoms with E-state index in [-0.39, 0.29) is 0 Å². The van der Waals surface area contributed by atoms with Crippen LogP contribution in [0.4, 0.5) is 0 Å². The first-order chi connectivity index (χ1) is 11.6. The standard InChI is InChI=1S/C18H22N6/c1-11-6-18-19-8-15-16-5-4-14(7-17(15)24(18)20-11)23(16)10-13-9-22(3)21-12(13)2/h6,8-9,14,16H,4-5,7,10H2,1-3H3/t14-,16+/m0/s1. The van der Waals surface area contributed by atoms with Gasteiger partial charge in [-0.3, -0.25) is 9.58 Å². The summed E-state index contributed by atoms with van der Waals surface area (Å²) in [6.07, 6.45) is 7.76. The van der Waals surface area contributed by atoms with Crippen LogP contribution in [0.25, 0.3) is 5.65 Å². The first-order valence-corrected chi connectivity index (χ1v) is 8.69. The molecule has 2 aliphatic heterocycles. The molecule has 0 saturated carbocycles. The smallest absolute Gasteiger partial charge is 0.155 e. The van der Waals surface area contributed by atoms with Crippen molar-refractivity contribution in [1.29, 1.82) is 0 Å². The maximum atomic E-state index is 4.67. The molecule has 0 aliphatic carbocycles. The summed E-state index contributed by atoms with van der Waals surface area (Å²) in [5.41, 5.74) is 7.21. The van der Waals surface area contributed by atoms with Gasteiger partial charge in [-0.15, -0.1) is 0 Å². The van der Waals surface area contributed by atoms with Crippen LogP contribution in [0.5, 0.6) is 0 Å². The number of fused-ring (bicyclic) bond motifs is 6. The van der Waals surface area contributed by atoms with E-state index in [4.69, 9.17) is 0 Å². The van der Waals surface area contributed by atoms with E-state index in [1.807, 2.05) is 18.7 Å². The maximum absolute atomic E-state index is 4.67. The summed E-state index contributed by atoms with van der Waals surface area (Å²) in [6.45, 7) is 5.12. The topological polar surface area (TPSA) is 51.2 Å². The lowest BCUT2D eigenvalue weighted by Crippen LogP contribution is -2.38. The van der Waals surface area contributed by atoms with Gasteiger partial charge in [-0.25, -0.2) is 9.50 Å². The second-order valence-electron chi connectivity index (χ2n) is 7.25. The van der Waals surface area contributed by atoms with E-state index < -0.39 is 0 Å². The molecule has 2 bridgehead atoms. The molecule has 124 valence electrons. The van der Waals surface area contributed by atoms with Crippen LogP contribution in [0.15, 0.2) is 18.5 Å². The van der Waals surface area contributed by atoms with E-state index in [1.165, 1.54) is 29.7 Å². The summed E-state index contributed by atoms with van der Waals surface area (Å²) < 4.78 is 3.99. The van der Waals surface area contributed by atoms with Crippen molar-refractivity contribution in [3.05, 3.63) is 46.7 Å². The number of aryl methyl sites for hydroxylation is 3. The minimum atomic E-state index is 0.458. The molecule has 0 amide bonds. The molecular weight excluding hydrogens is 300 g/mol. The van der Waals surface area contributed by atoms with E-state index in [0.717, 1.165) is 30.0 Å². The number of hydrogen-bond donors (Lipinski definition) is 0. The van der Waals surface area contributed by atoms with Crippen molar-refractivity contribution in [3.63, 3.8) is 0 Å². The molecule has 2 aliphatic rings. The molecule has 5 rings (SSSR count). The van der Waals surface area contributed by atoms with Crippen molar-refractivity contribution in [2.75, 3.05) is 0 Å². The van der Waals surface area contributed by atoms with Crippen LogP contribution >= 0.6 is 0 Å². The van der Waals surface area contributed by atoms with Gasteiger partial charge >= 0.3 is 0 Å². The Morgan fingerprint density at radius 2 is 2.08 bits per heavy atom. The Labute approximate surface area is 141 Å². The highest BCUT2D eigenvalue weighted by atomic mass is 15.3. The molecule has 24 heavy (non-hydrogen) atoms. The van der Waals surface area contributed by atoms with Crippen molar-refractivity contribution in [2.24, 2.45) is 7.05 Å². The van der Waals surface area contributed by atoms with E-state index in [2.05, 4.69) is 50.0 Å². The molecule has 0 radical (unpaired) electrons. The third-order valence-electron chi connectivity index (χ3n) is 5.64. The zero-order valence-electron chi connectivity index (χ0n) is 14.4. The van der Waals surface area contributed by atoms with Gasteiger partial charge in [0.2, 0.25) is 0 Å². The lowest BCUT2D eigenvalue weighted by atomic mass is 9.98. The zero-order valence-corrected chi connectivity index (χ0v) is 14.4. The fourth-order valence-corrected chi connectivity index (χ4v) is 4.54. The van der Waals surface area contributed by atoms with Crippen molar-refractivity contribution >= 4 is 5.65 Å². The number of nitrogens with zero attached hydrogens (tertiary/aromatic N) is 6. The van der Waals surface area contributed by atoms with E-state index >= 15 is 0 Å². The van der Waals surface area contributed by atoms with Gasteiger partial charge in [0.05, 0.1) is 17.1 Å². The van der Waals surface area contributed by atoms with Gasteiger partial charge in [-0.05, 0) is 26.7 Å². The zero-order chi connectivity index (χ0) is 16.4. The fourth-order valence-electron chi connectivity index (χ4n) is 4.54. The molecular formula is C18H22N6. The Balaban J connectivity index is 1.55. The monoisotopic (exact) mass is 322 g/mol. The Kier molecular flexibility index (Phi) is 2.89. The second kappa shape index (κ2) is 4.89. The maximum Gasteiger partial charge on any atom is 0.155 e. The highest BCUT2D eigenvalue weighted by molar-refractivity contribution is 5.44. The van der Waals surface area contributed by atoms with Crippen LogP contribution in [0.3, 0.4) is 0 Å². The molecule has 6 heteroatoms. The molecule has 1 fully saturated rings. The Hall–Kier alpha value is -2.21. The molecule has 0 spiro atoms. The van der Waals surface area contributed by atoms with Gasteiger partial charge < -0.3 is 0 Å². The van der Waals surface area contributed by atoms with Gasteiger partial charge in [-0.2, -0.15) is 10.2 Å². The number of rotatable bonds is 2. The van der Waals surface area contributed by atoms with Gasteiger partial charge in [0.15, 0.2) is 5.65 Å². The average Bonchev–Trinajstić information content (AvgIpc) is 3.15. The van der Waals surface area contributed by atoms with Crippen LogP contribution < -0.4 is 0 Å². The van der Waals surface area contributed by atoms with Crippen LogP contribution in [-0.4, -0.2) is 35.3 Å². The van der Waals surface area contributed by atoms with E-state index in [0.29, 0.717) is 12.1 Å². The summed E-state index contributed by atoms with van der Waals surface area (Å²) in [5.74, 6) is 0. The summed E-state index contributed by atoms with van der Waals surface area (Å²) in [7, 11) is 2.00. The van der Waals surface area contributed by atoms with Gasteiger partial charge in [0.25, 0.3) is 0 Å². The fraction of sp³-hybridized carbons (Fsp3) is 0.500. The van der Waals surface area contributed by atoms with Crippen molar-refractivity contribution in [1.82, 2.24) is 29.3 Å². The minimum absolute atomic E-state index is 0.458. The van der Waals surface area contributed by atoms with Gasteiger partial charge in [-0.1, -0.05) is 0 Å². The van der Waals surface area contributed by atoms with Crippen LogP contribution in [0.1, 0.15) is 47.1 Å². The molecule has 5 heterocycles. The van der Waals surface area contributed by atoms with Crippen molar-refractivity contribution in [2.45, 2.75) is 51.7 Å². The summed E-state index contributed by atoms with van der Waals surface area (Å²) >= 11 is 0. The van der Waals surface area contributed by atoms with Gasteiger partial charge in [0, 0.05) is 61.7 Å². The number of aromatic nitrogens is 5. The highest BCUT2D eigenvalue weighted by Crippen LogP contribution is 2.44. The number of hydrogen-bond acceptors (Lipinski definition) is 4. The molecule has 2 atom stereocenters. The lowest BCUT2D eigenvalue weighted by molar-refractivity contribution is 0.165.